The molecule has 5 nitrogen and oxygen atoms in total. The predicted molar refractivity (Wildman–Crippen MR) is 90.9 cm³/mol. The van der Waals surface area contributed by atoms with Crippen molar-refractivity contribution in [2.24, 2.45) is 0 Å². The van der Waals surface area contributed by atoms with Crippen LogP contribution in [0.1, 0.15) is 30.9 Å². The minimum Gasteiger partial charge on any atom is -0.376 e. The summed E-state index contributed by atoms with van der Waals surface area (Å²) in [5, 5.41) is 3.31. The second kappa shape index (κ2) is 7.79. The monoisotopic (exact) mass is 338 g/mol. The largest absolute Gasteiger partial charge is 0.376 e. The summed E-state index contributed by atoms with van der Waals surface area (Å²) in [6.07, 6.45) is 2.06. The quantitative estimate of drug-likeness (QED) is 0.897. The molecule has 0 bridgehead atoms. The van der Waals surface area contributed by atoms with Crippen molar-refractivity contribution in [2.75, 3.05) is 24.6 Å². The van der Waals surface area contributed by atoms with Crippen molar-refractivity contribution in [1.29, 1.82) is 0 Å². The summed E-state index contributed by atoms with van der Waals surface area (Å²) in [4.78, 5) is 25.6. The summed E-state index contributed by atoms with van der Waals surface area (Å²) in [6, 6.07) is 3.74. The first-order chi connectivity index (χ1) is 10.9. The summed E-state index contributed by atoms with van der Waals surface area (Å²) in [7, 11) is 0. The molecular formula is C17H23ClN2O3. The van der Waals surface area contributed by atoms with E-state index in [1.165, 1.54) is 11.8 Å². The van der Waals surface area contributed by atoms with Gasteiger partial charge in [-0.2, -0.15) is 0 Å². The van der Waals surface area contributed by atoms with Gasteiger partial charge in [0, 0.05) is 20.1 Å². The van der Waals surface area contributed by atoms with Gasteiger partial charge in [0.25, 0.3) is 0 Å². The lowest BCUT2D eigenvalue weighted by molar-refractivity contribution is -0.123. The first-order valence-electron chi connectivity index (χ1n) is 7.81. The molecule has 1 fully saturated rings. The summed E-state index contributed by atoms with van der Waals surface area (Å²) in [6.45, 7) is 6.43. The number of hydrogen-bond donors (Lipinski definition) is 1. The lowest BCUT2D eigenvalue weighted by atomic mass is 10.1. The number of hydrogen-bond acceptors (Lipinski definition) is 3. The third-order valence-corrected chi connectivity index (χ3v) is 4.19. The number of ether oxygens (including phenoxy) is 1. The van der Waals surface area contributed by atoms with Crippen LogP contribution in [0.25, 0.3) is 0 Å². The third kappa shape index (κ3) is 4.69. The van der Waals surface area contributed by atoms with Crippen molar-refractivity contribution in [3.05, 3.63) is 28.3 Å². The second-order valence-electron chi connectivity index (χ2n) is 5.96. The Hall–Kier alpha value is -1.59. The molecule has 0 radical (unpaired) electrons. The van der Waals surface area contributed by atoms with Crippen LogP contribution in [0.3, 0.4) is 0 Å². The molecule has 1 unspecified atom stereocenters. The van der Waals surface area contributed by atoms with Crippen LogP contribution in [0.4, 0.5) is 5.69 Å². The van der Waals surface area contributed by atoms with Gasteiger partial charge in [-0.25, -0.2) is 0 Å². The van der Waals surface area contributed by atoms with Gasteiger partial charge in [-0.15, -0.1) is 0 Å². The van der Waals surface area contributed by atoms with Gasteiger partial charge in [0.1, 0.15) is 6.54 Å². The molecule has 0 saturated carbocycles. The maximum atomic E-state index is 12.2. The van der Waals surface area contributed by atoms with Crippen LogP contribution in [-0.2, 0) is 14.3 Å². The Balaban J connectivity index is 2.06. The average Bonchev–Trinajstić information content (AvgIpc) is 2.96. The Kier molecular flexibility index (Phi) is 6.02. The lowest BCUT2D eigenvalue weighted by Gasteiger charge is -2.24. The van der Waals surface area contributed by atoms with Gasteiger partial charge in [-0.3, -0.25) is 9.59 Å². The Morgan fingerprint density at radius 2 is 2.13 bits per heavy atom. The van der Waals surface area contributed by atoms with Gasteiger partial charge in [-0.1, -0.05) is 17.7 Å². The van der Waals surface area contributed by atoms with E-state index in [0.717, 1.165) is 30.6 Å². The number of carbonyl (C=O) groups is 2. The highest BCUT2D eigenvalue weighted by atomic mass is 35.5. The van der Waals surface area contributed by atoms with Crippen LogP contribution in [0.15, 0.2) is 12.1 Å². The van der Waals surface area contributed by atoms with Gasteiger partial charge in [0.15, 0.2) is 0 Å². The molecule has 23 heavy (non-hydrogen) atoms. The summed E-state index contributed by atoms with van der Waals surface area (Å²) < 4.78 is 5.48. The molecule has 0 spiro atoms. The Morgan fingerprint density at radius 1 is 1.39 bits per heavy atom. The van der Waals surface area contributed by atoms with Crippen LogP contribution in [-0.4, -0.2) is 37.6 Å². The zero-order chi connectivity index (χ0) is 17.0. The highest BCUT2D eigenvalue weighted by molar-refractivity contribution is 6.34. The van der Waals surface area contributed by atoms with E-state index in [0.29, 0.717) is 17.3 Å². The topological polar surface area (TPSA) is 58.6 Å². The van der Waals surface area contributed by atoms with Crippen LogP contribution >= 0.6 is 11.6 Å². The zero-order valence-electron chi connectivity index (χ0n) is 13.8. The van der Waals surface area contributed by atoms with Gasteiger partial charge in [0.05, 0.1) is 16.8 Å². The highest BCUT2D eigenvalue weighted by Crippen LogP contribution is 2.31. The van der Waals surface area contributed by atoms with Gasteiger partial charge >= 0.3 is 0 Å². The standard InChI is InChI=1S/C17H23ClN2O3/c1-11-7-12(2)17(15(18)8-11)20(13(3)21)10-16(22)19-9-14-5-4-6-23-14/h7-8,14H,4-6,9-10H2,1-3H3,(H,19,22). The average molecular weight is 339 g/mol. The minimum atomic E-state index is -0.217. The Bertz CT molecular complexity index is 574. The molecule has 1 aliphatic rings. The molecule has 1 heterocycles. The van der Waals surface area contributed by atoms with Gasteiger partial charge < -0.3 is 15.0 Å². The maximum absolute atomic E-state index is 12.2. The number of halogens is 1. The molecule has 1 aliphatic heterocycles. The van der Waals surface area contributed by atoms with E-state index in [1.807, 2.05) is 19.9 Å². The zero-order valence-corrected chi connectivity index (χ0v) is 14.6. The molecule has 0 aromatic heterocycles. The van der Waals surface area contributed by atoms with Crippen LogP contribution < -0.4 is 10.2 Å². The van der Waals surface area contributed by atoms with E-state index < -0.39 is 0 Å². The summed E-state index contributed by atoms with van der Waals surface area (Å²) in [5.74, 6) is -0.433. The number of aryl methyl sites for hydroxylation is 2. The molecular weight excluding hydrogens is 316 g/mol. The molecule has 6 heteroatoms. The van der Waals surface area contributed by atoms with Crippen molar-refractivity contribution >= 4 is 29.1 Å². The number of benzene rings is 1. The van der Waals surface area contributed by atoms with E-state index in [-0.39, 0.29) is 24.5 Å². The molecule has 1 aromatic carbocycles. The smallest absolute Gasteiger partial charge is 0.240 e. The summed E-state index contributed by atoms with van der Waals surface area (Å²) in [5.41, 5.74) is 2.48. The van der Waals surface area contributed by atoms with Crippen molar-refractivity contribution in [1.82, 2.24) is 5.32 Å². The Labute approximate surface area is 141 Å². The minimum absolute atomic E-state index is 0.0499. The van der Waals surface area contributed by atoms with E-state index in [2.05, 4.69) is 5.32 Å². The van der Waals surface area contributed by atoms with Crippen molar-refractivity contribution < 1.29 is 14.3 Å². The molecule has 2 amide bonds. The number of nitrogens with zero attached hydrogens (tertiary/aromatic N) is 1. The number of amides is 2. The fourth-order valence-corrected chi connectivity index (χ4v) is 3.25. The van der Waals surface area contributed by atoms with Crippen LogP contribution in [0.2, 0.25) is 5.02 Å². The number of carbonyl (C=O) groups excluding carboxylic acids is 2. The van der Waals surface area contributed by atoms with E-state index in [1.54, 1.807) is 6.07 Å². The first-order valence-corrected chi connectivity index (χ1v) is 8.19. The fraction of sp³-hybridized carbons (Fsp3) is 0.529. The molecule has 1 saturated heterocycles. The fourth-order valence-electron chi connectivity index (χ4n) is 2.83. The van der Waals surface area contributed by atoms with E-state index in [4.69, 9.17) is 16.3 Å². The van der Waals surface area contributed by atoms with Crippen LogP contribution in [0.5, 0.6) is 0 Å². The second-order valence-corrected chi connectivity index (χ2v) is 6.36. The molecule has 1 N–H and O–H groups in total. The van der Waals surface area contributed by atoms with E-state index >= 15 is 0 Å². The van der Waals surface area contributed by atoms with Crippen molar-refractivity contribution in [3.8, 4) is 0 Å². The molecule has 1 atom stereocenters. The molecule has 126 valence electrons. The predicted octanol–water partition coefficient (Wildman–Crippen LogP) is 2.60. The van der Waals surface area contributed by atoms with Crippen molar-refractivity contribution in [2.45, 2.75) is 39.7 Å². The lowest BCUT2D eigenvalue weighted by Crippen LogP contribution is -2.42. The normalized spacial score (nSPS) is 17.1. The maximum Gasteiger partial charge on any atom is 0.240 e. The number of anilines is 1. The SMILES string of the molecule is CC(=O)N(CC(=O)NCC1CCCO1)c1c(C)cc(C)cc1Cl. The molecule has 0 aliphatic carbocycles. The summed E-state index contributed by atoms with van der Waals surface area (Å²) >= 11 is 6.29. The molecule has 2 rings (SSSR count). The van der Waals surface area contributed by atoms with E-state index in [9.17, 15) is 9.59 Å². The number of nitrogens with one attached hydrogen (secondary N) is 1. The van der Waals surface area contributed by atoms with Gasteiger partial charge in [0.2, 0.25) is 11.8 Å². The van der Waals surface area contributed by atoms with Gasteiger partial charge in [-0.05, 0) is 43.9 Å². The van der Waals surface area contributed by atoms with Crippen molar-refractivity contribution in [3.63, 3.8) is 0 Å². The highest BCUT2D eigenvalue weighted by Gasteiger charge is 2.22. The van der Waals surface area contributed by atoms with Crippen LogP contribution in [0, 0.1) is 13.8 Å². The third-order valence-electron chi connectivity index (χ3n) is 3.90. The first kappa shape index (κ1) is 17.8. The Morgan fingerprint density at radius 3 is 2.70 bits per heavy atom. The number of rotatable bonds is 5. The molecule has 1 aromatic rings.